The van der Waals surface area contributed by atoms with Crippen LogP contribution in [0.1, 0.15) is 35.5 Å². The minimum atomic E-state index is -0.275. The molecular formula is C16H19N3O2. The van der Waals surface area contributed by atoms with Crippen LogP contribution < -0.4 is 10.9 Å². The largest absolute Gasteiger partial charge is 0.348 e. The lowest BCUT2D eigenvalue weighted by Gasteiger charge is -2.10. The van der Waals surface area contributed by atoms with Gasteiger partial charge in [0, 0.05) is 12.1 Å². The van der Waals surface area contributed by atoms with Gasteiger partial charge in [-0.25, -0.2) is 4.68 Å². The molecule has 1 amide bonds. The van der Waals surface area contributed by atoms with Gasteiger partial charge in [-0.1, -0.05) is 29.8 Å². The lowest BCUT2D eigenvalue weighted by atomic mass is 10.1. The minimum absolute atomic E-state index is 0.0248. The molecule has 1 N–H and O–H groups in total. The summed E-state index contributed by atoms with van der Waals surface area (Å²) >= 11 is 0. The van der Waals surface area contributed by atoms with Gasteiger partial charge >= 0.3 is 0 Å². The fourth-order valence-corrected chi connectivity index (χ4v) is 1.89. The molecule has 5 nitrogen and oxygen atoms in total. The average molecular weight is 285 g/mol. The molecule has 21 heavy (non-hydrogen) atoms. The Labute approximate surface area is 123 Å². The van der Waals surface area contributed by atoms with E-state index in [0.29, 0.717) is 6.54 Å². The van der Waals surface area contributed by atoms with E-state index in [1.165, 1.54) is 16.8 Å². The zero-order chi connectivity index (χ0) is 15.4. The van der Waals surface area contributed by atoms with Crippen molar-refractivity contribution in [2.45, 2.75) is 33.4 Å². The molecule has 0 aliphatic carbocycles. The van der Waals surface area contributed by atoms with E-state index in [1.54, 1.807) is 0 Å². The van der Waals surface area contributed by atoms with Crippen LogP contribution in [0.25, 0.3) is 0 Å². The van der Waals surface area contributed by atoms with Crippen LogP contribution in [-0.2, 0) is 6.54 Å². The summed E-state index contributed by atoms with van der Waals surface area (Å²) in [5.41, 5.74) is 2.15. The van der Waals surface area contributed by atoms with Crippen molar-refractivity contribution in [1.82, 2.24) is 15.1 Å². The summed E-state index contributed by atoms with van der Waals surface area (Å²) in [5.74, 6) is -0.275. The summed E-state index contributed by atoms with van der Waals surface area (Å²) in [5, 5.41) is 6.90. The van der Waals surface area contributed by atoms with Crippen molar-refractivity contribution in [2.24, 2.45) is 0 Å². The number of benzene rings is 1. The van der Waals surface area contributed by atoms with Crippen LogP contribution in [0.3, 0.4) is 0 Å². The number of aromatic nitrogens is 2. The maximum atomic E-state index is 11.9. The van der Waals surface area contributed by atoms with Crippen LogP contribution in [0, 0.1) is 6.92 Å². The molecule has 1 aromatic heterocycles. The Kier molecular flexibility index (Phi) is 4.52. The molecule has 0 unspecified atom stereocenters. The fraction of sp³-hybridized carbons (Fsp3) is 0.312. The molecule has 5 heteroatoms. The fourth-order valence-electron chi connectivity index (χ4n) is 1.89. The number of amides is 1. The van der Waals surface area contributed by atoms with Gasteiger partial charge in [-0.05, 0) is 32.4 Å². The van der Waals surface area contributed by atoms with Gasteiger partial charge in [-0.2, -0.15) is 5.10 Å². The lowest BCUT2D eigenvalue weighted by molar-refractivity contribution is 0.0935. The highest BCUT2D eigenvalue weighted by Crippen LogP contribution is 2.04. The zero-order valence-electron chi connectivity index (χ0n) is 12.5. The summed E-state index contributed by atoms with van der Waals surface area (Å²) in [6.07, 6.45) is 0. The maximum Gasteiger partial charge on any atom is 0.271 e. The Morgan fingerprint density at radius 3 is 2.48 bits per heavy atom. The Morgan fingerprint density at radius 1 is 1.19 bits per heavy atom. The highest BCUT2D eigenvalue weighted by Gasteiger charge is 2.10. The van der Waals surface area contributed by atoms with Crippen LogP contribution in [0.2, 0.25) is 0 Å². The number of aryl methyl sites for hydroxylation is 1. The molecule has 1 aromatic carbocycles. The Morgan fingerprint density at radius 2 is 1.86 bits per heavy atom. The molecule has 0 aliphatic heterocycles. The second-order valence-corrected chi connectivity index (χ2v) is 5.33. The maximum absolute atomic E-state index is 11.9. The highest BCUT2D eigenvalue weighted by atomic mass is 16.2. The van der Waals surface area contributed by atoms with Gasteiger partial charge in [0.15, 0.2) is 0 Å². The molecule has 0 saturated heterocycles. The third kappa shape index (κ3) is 4.02. The molecule has 0 atom stereocenters. The van der Waals surface area contributed by atoms with Gasteiger partial charge in [0.1, 0.15) is 5.69 Å². The normalized spacial score (nSPS) is 10.7. The predicted octanol–water partition coefficient (Wildman–Crippen LogP) is 1.74. The Hall–Kier alpha value is -2.43. The number of rotatable bonds is 4. The predicted molar refractivity (Wildman–Crippen MR) is 81.4 cm³/mol. The molecule has 0 saturated carbocycles. The molecule has 1 heterocycles. The molecule has 0 radical (unpaired) electrons. The summed E-state index contributed by atoms with van der Waals surface area (Å²) < 4.78 is 1.31. The lowest BCUT2D eigenvalue weighted by Crippen LogP contribution is -2.33. The molecule has 0 fully saturated rings. The van der Waals surface area contributed by atoms with Gasteiger partial charge in [0.2, 0.25) is 0 Å². The third-order valence-electron chi connectivity index (χ3n) is 2.97. The van der Waals surface area contributed by atoms with Gasteiger partial charge in [0.05, 0.1) is 6.54 Å². The first-order chi connectivity index (χ1) is 9.95. The van der Waals surface area contributed by atoms with Gasteiger partial charge < -0.3 is 5.32 Å². The van der Waals surface area contributed by atoms with Crippen molar-refractivity contribution >= 4 is 5.91 Å². The molecule has 2 aromatic rings. The first-order valence-electron chi connectivity index (χ1n) is 6.90. The molecule has 0 bridgehead atoms. The van der Waals surface area contributed by atoms with Crippen LogP contribution in [0.15, 0.2) is 41.2 Å². The van der Waals surface area contributed by atoms with E-state index >= 15 is 0 Å². The van der Waals surface area contributed by atoms with Gasteiger partial charge in [-0.3, -0.25) is 9.59 Å². The smallest absolute Gasteiger partial charge is 0.271 e. The Bertz CT molecular complexity index is 687. The van der Waals surface area contributed by atoms with E-state index in [1.807, 2.05) is 45.0 Å². The van der Waals surface area contributed by atoms with Gasteiger partial charge in [0.25, 0.3) is 11.5 Å². The van der Waals surface area contributed by atoms with Crippen molar-refractivity contribution in [3.63, 3.8) is 0 Å². The van der Waals surface area contributed by atoms with Crippen molar-refractivity contribution in [3.05, 3.63) is 63.6 Å². The number of nitrogens with one attached hydrogen (secondary N) is 1. The zero-order valence-corrected chi connectivity index (χ0v) is 12.5. The molecule has 0 spiro atoms. The van der Waals surface area contributed by atoms with Crippen LogP contribution in [0.5, 0.6) is 0 Å². The van der Waals surface area contributed by atoms with Crippen LogP contribution in [-0.4, -0.2) is 21.7 Å². The van der Waals surface area contributed by atoms with E-state index in [-0.39, 0.29) is 23.2 Å². The average Bonchev–Trinajstić information content (AvgIpc) is 2.43. The SMILES string of the molecule is Cc1ccc(Cn2nc(C(=O)NC(C)C)ccc2=O)cc1. The van der Waals surface area contributed by atoms with Crippen molar-refractivity contribution < 1.29 is 4.79 Å². The Balaban J connectivity index is 2.25. The van der Waals surface area contributed by atoms with E-state index in [0.717, 1.165) is 11.1 Å². The second kappa shape index (κ2) is 6.35. The van der Waals surface area contributed by atoms with Crippen molar-refractivity contribution in [1.29, 1.82) is 0 Å². The number of carbonyl (C=O) groups is 1. The van der Waals surface area contributed by atoms with Crippen molar-refractivity contribution in [3.8, 4) is 0 Å². The number of hydrogen-bond acceptors (Lipinski definition) is 3. The first kappa shape index (κ1) is 15.0. The van der Waals surface area contributed by atoms with Crippen molar-refractivity contribution in [2.75, 3.05) is 0 Å². The summed E-state index contributed by atoms with van der Waals surface area (Å²) in [6.45, 7) is 6.10. The third-order valence-corrected chi connectivity index (χ3v) is 2.97. The summed E-state index contributed by atoms with van der Waals surface area (Å²) in [6, 6.07) is 10.7. The molecule has 2 rings (SSSR count). The minimum Gasteiger partial charge on any atom is -0.348 e. The van der Waals surface area contributed by atoms with Gasteiger partial charge in [-0.15, -0.1) is 0 Å². The highest BCUT2D eigenvalue weighted by molar-refractivity contribution is 5.92. The quantitative estimate of drug-likeness (QED) is 0.930. The van der Waals surface area contributed by atoms with Crippen LogP contribution >= 0.6 is 0 Å². The summed E-state index contributed by atoms with van der Waals surface area (Å²) in [7, 11) is 0. The van der Waals surface area contributed by atoms with E-state index < -0.39 is 0 Å². The van der Waals surface area contributed by atoms with E-state index in [4.69, 9.17) is 0 Å². The molecular weight excluding hydrogens is 266 g/mol. The van der Waals surface area contributed by atoms with E-state index in [9.17, 15) is 9.59 Å². The number of nitrogens with zero attached hydrogens (tertiary/aromatic N) is 2. The summed E-state index contributed by atoms with van der Waals surface area (Å²) in [4.78, 5) is 23.8. The van der Waals surface area contributed by atoms with Crippen LogP contribution in [0.4, 0.5) is 0 Å². The topological polar surface area (TPSA) is 64.0 Å². The molecule has 110 valence electrons. The monoisotopic (exact) mass is 285 g/mol. The number of carbonyl (C=O) groups excluding carboxylic acids is 1. The standard InChI is InChI=1S/C16H19N3O2/c1-11(2)17-16(21)14-8-9-15(20)19(18-14)10-13-6-4-12(3)5-7-13/h4-9,11H,10H2,1-3H3,(H,17,21). The number of hydrogen-bond donors (Lipinski definition) is 1. The second-order valence-electron chi connectivity index (χ2n) is 5.33. The first-order valence-corrected chi connectivity index (χ1v) is 6.90. The molecule has 0 aliphatic rings. The van der Waals surface area contributed by atoms with E-state index in [2.05, 4.69) is 10.4 Å².